The fourth-order valence-corrected chi connectivity index (χ4v) is 3.66. The lowest BCUT2D eigenvalue weighted by Gasteiger charge is -2.36. The van der Waals surface area contributed by atoms with Gasteiger partial charge in [0.05, 0.1) is 10.4 Å². The molecular weight excluding hydrogens is 294 g/mol. The predicted molar refractivity (Wildman–Crippen MR) is 102 cm³/mol. The van der Waals surface area contributed by atoms with Gasteiger partial charge in [0.1, 0.15) is 0 Å². The molecule has 3 aromatic rings. The molecule has 0 saturated heterocycles. The summed E-state index contributed by atoms with van der Waals surface area (Å²) < 4.78 is 0. The summed E-state index contributed by atoms with van der Waals surface area (Å²) in [5.74, 6) is 0. The van der Waals surface area contributed by atoms with Gasteiger partial charge < -0.3 is 4.98 Å². The Morgan fingerprint density at radius 1 is 0.609 bits per heavy atom. The maximum atomic E-state index is 3.47. The molecule has 0 aliphatic rings. The van der Waals surface area contributed by atoms with Crippen LogP contribution in [0.25, 0.3) is 0 Å². The van der Waals surface area contributed by atoms with Crippen LogP contribution in [0.2, 0.25) is 0 Å². The Kier molecular flexibility index (Phi) is 5.06. The summed E-state index contributed by atoms with van der Waals surface area (Å²) in [6.45, 7) is 1.02. The Labute approximate surface area is 141 Å². The molecule has 3 aromatic carbocycles. The number of rotatable bonds is 6. The fourth-order valence-electron chi connectivity index (χ4n) is 3.41. The molecule has 0 radical (unpaired) electrons. The molecule has 0 aliphatic heterocycles. The molecule has 0 bridgehead atoms. The third-order valence-corrected chi connectivity index (χ3v) is 5.05. The summed E-state index contributed by atoms with van der Waals surface area (Å²) in [5.41, 5.74) is 3.96. The van der Waals surface area contributed by atoms with Crippen LogP contribution in [0.4, 0.5) is 0 Å². The molecule has 0 spiro atoms. The predicted octanol–water partition coefficient (Wildman–Crippen LogP) is 3.28. The lowest BCUT2D eigenvalue weighted by Crippen LogP contribution is -2.33. The van der Waals surface area contributed by atoms with E-state index in [2.05, 4.69) is 96.0 Å². The van der Waals surface area contributed by atoms with Gasteiger partial charge in [-0.1, -0.05) is 91.0 Å². The Morgan fingerprint density at radius 2 is 0.957 bits per heavy atom. The molecule has 1 N–H and O–H groups in total. The Hall–Kier alpha value is -2.16. The number of nitrogens with one attached hydrogen (secondary N) is 1. The van der Waals surface area contributed by atoms with Gasteiger partial charge >= 0.3 is 0 Å². The third kappa shape index (κ3) is 3.14. The maximum absolute atomic E-state index is 3.47. The van der Waals surface area contributed by atoms with Gasteiger partial charge in [0.15, 0.2) is 0 Å². The van der Waals surface area contributed by atoms with Crippen molar-refractivity contribution < 1.29 is 0 Å². The van der Waals surface area contributed by atoms with E-state index in [1.54, 1.807) is 0 Å². The van der Waals surface area contributed by atoms with Crippen LogP contribution in [-0.4, -0.2) is 16.9 Å². The summed E-state index contributed by atoms with van der Waals surface area (Å²) in [6, 6.07) is 32.7. The topological polar surface area (TPSA) is 12.0 Å². The third-order valence-electron chi connectivity index (χ3n) is 4.55. The van der Waals surface area contributed by atoms with Crippen molar-refractivity contribution in [1.29, 1.82) is 0 Å². The van der Waals surface area contributed by atoms with Gasteiger partial charge in [0.2, 0.25) is 0 Å². The van der Waals surface area contributed by atoms with Crippen molar-refractivity contribution in [2.75, 3.05) is 6.54 Å². The molecule has 0 fully saturated rings. The van der Waals surface area contributed by atoms with E-state index in [4.69, 9.17) is 0 Å². The number of benzene rings is 3. The Balaban J connectivity index is 2.25. The second-order valence-corrected chi connectivity index (χ2v) is 6.56. The van der Waals surface area contributed by atoms with Crippen molar-refractivity contribution in [3.05, 3.63) is 108 Å². The average molecular weight is 318 g/mol. The van der Waals surface area contributed by atoms with Crippen molar-refractivity contribution in [3.8, 4) is 0 Å². The second kappa shape index (κ2) is 7.40. The van der Waals surface area contributed by atoms with E-state index in [9.17, 15) is 0 Å². The highest BCUT2D eigenvalue weighted by atomic mass is 28.2. The first-order valence-corrected chi connectivity index (χ1v) is 9.19. The van der Waals surface area contributed by atoms with E-state index in [-0.39, 0.29) is 5.41 Å². The molecule has 23 heavy (non-hydrogen) atoms. The number of hydrogen-bond acceptors (Lipinski definition) is 1. The van der Waals surface area contributed by atoms with Crippen LogP contribution in [0.5, 0.6) is 0 Å². The van der Waals surface area contributed by atoms with Crippen LogP contribution in [0.1, 0.15) is 23.1 Å². The molecule has 0 unspecified atom stereocenters. The average Bonchev–Trinajstić information content (AvgIpc) is 2.65. The zero-order valence-corrected chi connectivity index (χ0v) is 15.6. The molecular formula is C21H23NSi. The van der Waals surface area contributed by atoms with Gasteiger partial charge in [-0.15, -0.1) is 0 Å². The maximum Gasteiger partial charge on any atom is 0.0749 e. The first kappa shape index (κ1) is 15.7. The minimum Gasteiger partial charge on any atom is -0.345 e. The quantitative estimate of drug-likeness (QED) is 0.543. The molecule has 0 aromatic heterocycles. The monoisotopic (exact) mass is 317 g/mol. The molecule has 0 amide bonds. The lowest BCUT2D eigenvalue weighted by atomic mass is 9.67. The second-order valence-electron chi connectivity index (χ2n) is 5.86. The van der Waals surface area contributed by atoms with E-state index in [0.29, 0.717) is 0 Å². The summed E-state index contributed by atoms with van der Waals surface area (Å²) in [5, 5.41) is 0. The number of hydrogen-bond donors (Lipinski definition) is 1. The van der Waals surface area contributed by atoms with Crippen LogP contribution in [0.15, 0.2) is 91.0 Å². The van der Waals surface area contributed by atoms with E-state index in [0.717, 1.165) is 23.4 Å². The van der Waals surface area contributed by atoms with Gasteiger partial charge in [0.25, 0.3) is 0 Å². The lowest BCUT2D eigenvalue weighted by molar-refractivity contribution is 0.557. The first-order valence-electron chi connectivity index (χ1n) is 8.19. The van der Waals surface area contributed by atoms with Gasteiger partial charge in [0, 0.05) is 5.41 Å². The largest absolute Gasteiger partial charge is 0.345 e. The minimum atomic E-state index is -0.110. The summed E-state index contributed by atoms with van der Waals surface area (Å²) >= 11 is 0. The van der Waals surface area contributed by atoms with Crippen molar-refractivity contribution in [2.45, 2.75) is 11.8 Å². The van der Waals surface area contributed by atoms with E-state index in [1.807, 2.05) is 0 Å². The van der Waals surface area contributed by atoms with E-state index < -0.39 is 0 Å². The summed E-state index contributed by atoms with van der Waals surface area (Å²) in [7, 11) is 1.02. The molecule has 1 nitrogen and oxygen atoms in total. The van der Waals surface area contributed by atoms with Crippen LogP contribution >= 0.6 is 0 Å². The first-order chi connectivity index (χ1) is 11.4. The van der Waals surface area contributed by atoms with E-state index >= 15 is 0 Å². The Bertz CT molecular complexity index is 614. The molecule has 2 heteroatoms. The van der Waals surface area contributed by atoms with Gasteiger partial charge in [-0.05, 0) is 29.7 Å². The normalized spacial score (nSPS) is 11.5. The molecule has 0 heterocycles. The van der Waals surface area contributed by atoms with Crippen LogP contribution < -0.4 is 4.98 Å². The minimum absolute atomic E-state index is 0.110. The van der Waals surface area contributed by atoms with Crippen molar-refractivity contribution in [2.24, 2.45) is 0 Å². The van der Waals surface area contributed by atoms with Crippen LogP contribution in [-0.2, 0) is 5.41 Å². The van der Waals surface area contributed by atoms with Crippen LogP contribution in [0.3, 0.4) is 0 Å². The highest BCUT2D eigenvalue weighted by Crippen LogP contribution is 2.41. The SMILES string of the molecule is [SiH3]NCCC(c1ccccc1)(c1ccccc1)c1ccccc1. The van der Waals surface area contributed by atoms with Crippen LogP contribution in [0, 0.1) is 0 Å². The molecule has 0 saturated carbocycles. The molecule has 3 rings (SSSR count). The zero-order chi connectivity index (χ0) is 16.0. The smallest absolute Gasteiger partial charge is 0.0749 e. The van der Waals surface area contributed by atoms with Gasteiger partial charge in [-0.3, -0.25) is 0 Å². The van der Waals surface area contributed by atoms with Crippen molar-refractivity contribution >= 4 is 10.4 Å². The van der Waals surface area contributed by atoms with Crippen molar-refractivity contribution in [1.82, 2.24) is 4.98 Å². The Morgan fingerprint density at radius 3 is 1.26 bits per heavy atom. The highest BCUT2D eigenvalue weighted by molar-refractivity contribution is 6.04. The van der Waals surface area contributed by atoms with Gasteiger partial charge in [-0.25, -0.2) is 0 Å². The standard InChI is InChI=1S/C21H23NSi/c23-22-17-16-21(18-10-4-1-5-11-18,19-12-6-2-7-13-19)20-14-8-3-9-15-20/h1-15,22H,16-17H2,23H3. The molecule has 116 valence electrons. The fraction of sp³-hybridized carbons (Fsp3) is 0.143. The zero-order valence-electron chi connectivity index (χ0n) is 13.6. The highest BCUT2D eigenvalue weighted by Gasteiger charge is 2.35. The van der Waals surface area contributed by atoms with Gasteiger partial charge in [-0.2, -0.15) is 0 Å². The molecule has 0 atom stereocenters. The summed E-state index contributed by atoms with van der Waals surface area (Å²) in [4.78, 5) is 3.47. The molecule has 0 aliphatic carbocycles. The summed E-state index contributed by atoms with van der Waals surface area (Å²) in [6.07, 6.45) is 1.05. The van der Waals surface area contributed by atoms with E-state index in [1.165, 1.54) is 16.7 Å². The van der Waals surface area contributed by atoms with Crippen molar-refractivity contribution in [3.63, 3.8) is 0 Å².